The van der Waals surface area contributed by atoms with Gasteiger partial charge in [-0.15, -0.1) is 22.7 Å². The van der Waals surface area contributed by atoms with E-state index in [9.17, 15) is 0 Å². The molecule has 4 nitrogen and oxygen atoms in total. The first-order valence-electron chi connectivity index (χ1n) is 8.17. The fourth-order valence-corrected chi connectivity index (χ4v) is 5.12. The summed E-state index contributed by atoms with van der Waals surface area (Å²) in [6.07, 6.45) is 0. The van der Waals surface area contributed by atoms with Gasteiger partial charge in [0.15, 0.2) is 23.0 Å². The smallest absolute Gasteiger partial charge is 0.179 e. The van der Waals surface area contributed by atoms with Crippen LogP contribution in [0.2, 0.25) is 0 Å². The van der Waals surface area contributed by atoms with E-state index in [1.807, 2.05) is 10.8 Å². The van der Waals surface area contributed by atoms with Crippen molar-refractivity contribution >= 4 is 22.7 Å². The van der Waals surface area contributed by atoms with Gasteiger partial charge in [-0.3, -0.25) is 0 Å². The molecule has 0 unspecified atom stereocenters. The Hall–Kier alpha value is -2.18. The van der Waals surface area contributed by atoms with Crippen molar-refractivity contribution < 1.29 is 18.9 Å². The quantitative estimate of drug-likeness (QED) is 0.635. The maximum absolute atomic E-state index is 5.83. The predicted molar refractivity (Wildman–Crippen MR) is 99.8 cm³/mol. The van der Waals surface area contributed by atoms with E-state index in [4.69, 9.17) is 18.9 Å². The second-order valence-electron chi connectivity index (χ2n) is 5.94. The van der Waals surface area contributed by atoms with Crippen molar-refractivity contribution in [2.75, 3.05) is 26.4 Å². The van der Waals surface area contributed by atoms with E-state index < -0.39 is 0 Å². The molecule has 0 N–H and O–H groups in total. The molecule has 0 saturated heterocycles. The Morgan fingerprint density at radius 3 is 2.04 bits per heavy atom. The third-order valence-electron chi connectivity index (χ3n) is 4.34. The first-order valence-corrected chi connectivity index (χ1v) is 9.93. The molecule has 0 aliphatic carbocycles. The molecule has 4 heterocycles. The summed E-state index contributed by atoms with van der Waals surface area (Å²) in [5, 5.41) is 4.05. The Balaban J connectivity index is 1.55. The molecular weight excluding hydrogens is 356 g/mol. The molecule has 2 aliphatic heterocycles. The van der Waals surface area contributed by atoms with E-state index in [0.29, 0.717) is 26.4 Å². The highest BCUT2D eigenvalue weighted by Crippen LogP contribution is 2.49. The van der Waals surface area contributed by atoms with Gasteiger partial charge in [-0.25, -0.2) is 0 Å². The normalized spacial score (nSPS) is 15.2. The lowest BCUT2D eigenvalue weighted by molar-refractivity contribution is 0.174. The van der Waals surface area contributed by atoms with Crippen molar-refractivity contribution in [1.82, 2.24) is 0 Å². The van der Waals surface area contributed by atoms with Crippen LogP contribution in [0, 0.1) is 6.92 Å². The van der Waals surface area contributed by atoms with Crippen LogP contribution in [0.1, 0.15) is 5.56 Å². The van der Waals surface area contributed by atoms with Crippen LogP contribution >= 0.6 is 22.7 Å². The molecule has 0 atom stereocenters. The minimum atomic E-state index is 0.604. The predicted octanol–water partition coefficient (Wildman–Crippen LogP) is 4.99. The molecular formula is C19H16O4S2. The summed E-state index contributed by atoms with van der Waals surface area (Å²) in [6, 6.07) is 6.50. The fraction of sp³-hybridized carbons (Fsp3) is 0.263. The van der Waals surface area contributed by atoms with Gasteiger partial charge in [0.2, 0.25) is 0 Å². The van der Waals surface area contributed by atoms with Gasteiger partial charge in [-0.05, 0) is 29.7 Å². The van der Waals surface area contributed by atoms with Crippen molar-refractivity contribution in [3.63, 3.8) is 0 Å². The SMILES string of the molecule is Cc1cc(-c2scc3c2OCCO3)ccc1-c1scc2c1OCCO2. The summed E-state index contributed by atoms with van der Waals surface area (Å²) in [5.74, 6) is 3.45. The van der Waals surface area contributed by atoms with Crippen LogP contribution in [0.15, 0.2) is 29.0 Å². The maximum atomic E-state index is 5.83. The Morgan fingerprint density at radius 2 is 1.36 bits per heavy atom. The molecule has 0 amide bonds. The first-order chi connectivity index (χ1) is 12.3. The van der Waals surface area contributed by atoms with Crippen LogP contribution < -0.4 is 18.9 Å². The Morgan fingerprint density at radius 1 is 0.760 bits per heavy atom. The van der Waals surface area contributed by atoms with E-state index in [-0.39, 0.29) is 0 Å². The second-order valence-corrected chi connectivity index (χ2v) is 7.70. The van der Waals surface area contributed by atoms with E-state index >= 15 is 0 Å². The van der Waals surface area contributed by atoms with Gasteiger partial charge >= 0.3 is 0 Å². The average molecular weight is 372 g/mol. The van der Waals surface area contributed by atoms with Crippen molar-refractivity contribution in [2.24, 2.45) is 0 Å². The molecule has 6 heteroatoms. The Kier molecular flexibility index (Phi) is 3.60. The molecule has 2 aliphatic rings. The van der Waals surface area contributed by atoms with Crippen LogP contribution in [0.25, 0.3) is 20.9 Å². The van der Waals surface area contributed by atoms with Gasteiger partial charge in [-0.2, -0.15) is 0 Å². The van der Waals surface area contributed by atoms with E-state index in [1.54, 1.807) is 22.7 Å². The van der Waals surface area contributed by atoms with Crippen LogP contribution in [-0.2, 0) is 0 Å². The van der Waals surface area contributed by atoms with Crippen molar-refractivity contribution in [3.05, 3.63) is 34.5 Å². The van der Waals surface area contributed by atoms with Crippen molar-refractivity contribution in [3.8, 4) is 43.9 Å². The molecule has 3 aromatic rings. The van der Waals surface area contributed by atoms with Crippen molar-refractivity contribution in [2.45, 2.75) is 6.92 Å². The largest absolute Gasteiger partial charge is 0.485 e. The zero-order valence-electron chi connectivity index (χ0n) is 13.7. The van der Waals surface area contributed by atoms with Gasteiger partial charge in [0.1, 0.15) is 26.4 Å². The Bertz CT molecular complexity index is 941. The summed E-state index contributed by atoms with van der Waals surface area (Å²) in [4.78, 5) is 2.25. The van der Waals surface area contributed by atoms with Crippen LogP contribution in [0.3, 0.4) is 0 Å². The van der Waals surface area contributed by atoms with Crippen LogP contribution in [-0.4, -0.2) is 26.4 Å². The summed E-state index contributed by atoms with van der Waals surface area (Å²) in [7, 11) is 0. The maximum Gasteiger partial charge on any atom is 0.179 e. The average Bonchev–Trinajstić information content (AvgIpc) is 3.26. The number of hydrogen-bond donors (Lipinski definition) is 0. The zero-order valence-corrected chi connectivity index (χ0v) is 15.3. The zero-order chi connectivity index (χ0) is 16.8. The Labute approximate surface area is 153 Å². The topological polar surface area (TPSA) is 36.9 Å². The lowest BCUT2D eigenvalue weighted by Gasteiger charge is -2.17. The minimum Gasteiger partial charge on any atom is -0.485 e. The van der Waals surface area contributed by atoms with Gasteiger partial charge < -0.3 is 18.9 Å². The number of aryl methyl sites for hydroxylation is 1. The lowest BCUT2D eigenvalue weighted by Crippen LogP contribution is -2.14. The second kappa shape index (κ2) is 5.97. The standard InChI is InChI=1S/C19H16O4S2/c1-11-8-12(18-16-14(9-24-18)20-4-6-22-16)2-3-13(11)19-17-15(10-25-19)21-5-7-23-17/h2-3,8-10H,4-7H2,1H3. The highest BCUT2D eigenvalue weighted by atomic mass is 32.1. The number of ether oxygens (including phenoxy) is 4. The van der Waals surface area contributed by atoms with Crippen molar-refractivity contribution in [1.29, 1.82) is 0 Å². The molecule has 2 aromatic heterocycles. The van der Waals surface area contributed by atoms with Crippen LogP contribution in [0.4, 0.5) is 0 Å². The monoisotopic (exact) mass is 372 g/mol. The molecule has 0 bridgehead atoms. The number of benzene rings is 1. The van der Waals surface area contributed by atoms with E-state index in [0.717, 1.165) is 38.3 Å². The number of rotatable bonds is 2. The third-order valence-corrected chi connectivity index (χ3v) is 6.30. The molecule has 0 radical (unpaired) electrons. The van der Waals surface area contributed by atoms with E-state index in [1.165, 1.54) is 11.1 Å². The lowest BCUT2D eigenvalue weighted by atomic mass is 10.0. The summed E-state index contributed by atoms with van der Waals surface area (Å²) in [6.45, 7) is 4.57. The van der Waals surface area contributed by atoms with E-state index in [2.05, 4.69) is 25.1 Å². The highest BCUT2D eigenvalue weighted by Gasteiger charge is 2.23. The number of hydrogen-bond acceptors (Lipinski definition) is 6. The number of fused-ring (bicyclic) bond motifs is 2. The van der Waals surface area contributed by atoms with Crippen LogP contribution in [0.5, 0.6) is 23.0 Å². The van der Waals surface area contributed by atoms with Gasteiger partial charge in [-0.1, -0.05) is 12.1 Å². The molecule has 5 rings (SSSR count). The highest BCUT2D eigenvalue weighted by molar-refractivity contribution is 7.14. The van der Waals surface area contributed by atoms with Gasteiger partial charge in [0.05, 0.1) is 9.75 Å². The summed E-state index contributed by atoms with van der Waals surface area (Å²) >= 11 is 3.33. The molecule has 1 aromatic carbocycles. The van der Waals surface area contributed by atoms with Gasteiger partial charge in [0, 0.05) is 10.8 Å². The molecule has 128 valence electrons. The summed E-state index contributed by atoms with van der Waals surface area (Å²) < 4.78 is 23.0. The molecule has 0 spiro atoms. The molecule has 25 heavy (non-hydrogen) atoms. The van der Waals surface area contributed by atoms with Gasteiger partial charge in [0.25, 0.3) is 0 Å². The first kappa shape index (κ1) is 15.1. The summed E-state index contributed by atoms with van der Waals surface area (Å²) in [5.41, 5.74) is 3.54. The number of thiophene rings is 2. The third kappa shape index (κ3) is 2.48. The molecule has 0 saturated carbocycles. The molecule has 0 fully saturated rings. The minimum absolute atomic E-state index is 0.604. The fourth-order valence-electron chi connectivity index (χ4n) is 3.17.